The Kier molecular flexibility index (Phi) is 4.39. The Bertz CT molecular complexity index is 211. The van der Waals surface area contributed by atoms with Crippen molar-refractivity contribution in [3.05, 3.63) is 0 Å². The second-order valence-corrected chi connectivity index (χ2v) is 3.31. The van der Waals surface area contributed by atoms with Gasteiger partial charge in [-0.05, 0) is 19.3 Å². The van der Waals surface area contributed by atoms with Gasteiger partial charge in [0.25, 0.3) is 0 Å². The van der Waals surface area contributed by atoms with Gasteiger partial charge in [0.1, 0.15) is 0 Å². The number of hydrogen-bond donors (Lipinski definition) is 1. The topological polar surface area (TPSA) is 78.5 Å². The maximum atomic E-state index is 11.0. The van der Waals surface area contributed by atoms with Gasteiger partial charge in [-0.2, -0.15) is 0 Å². The molecule has 0 aromatic heterocycles. The quantitative estimate of drug-likeness (QED) is 0.605. The van der Waals surface area contributed by atoms with Crippen LogP contribution in [0.2, 0.25) is 0 Å². The van der Waals surface area contributed by atoms with Crippen LogP contribution in [-0.4, -0.2) is 31.1 Å². The molecule has 0 aliphatic carbocycles. The minimum atomic E-state index is -1.20. The van der Waals surface area contributed by atoms with Gasteiger partial charge in [0.05, 0.1) is 6.10 Å². The van der Waals surface area contributed by atoms with E-state index in [1.54, 1.807) is 0 Å². The zero-order valence-corrected chi connectivity index (χ0v) is 7.95. The van der Waals surface area contributed by atoms with Crippen molar-refractivity contribution in [3.8, 4) is 0 Å². The molecule has 0 unspecified atom stereocenters. The number of ether oxygens (including phenoxy) is 1. The van der Waals surface area contributed by atoms with E-state index in [1.807, 2.05) is 0 Å². The molecular formula is C9H14NO4-. The number of rotatable bonds is 5. The lowest BCUT2D eigenvalue weighted by molar-refractivity contribution is -0.305. The Morgan fingerprint density at radius 3 is 2.79 bits per heavy atom. The molecule has 5 heteroatoms. The van der Waals surface area contributed by atoms with Crippen molar-refractivity contribution in [2.24, 2.45) is 0 Å². The molecule has 0 spiro atoms. The number of carboxylic acid groups (broad SMARTS) is 1. The van der Waals surface area contributed by atoms with Crippen molar-refractivity contribution in [1.29, 1.82) is 0 Å². The van der Waals surface area contributed by atoms with E-state index >= 15 is 0 Å². The molecule has 0 radical (unpaired) electrons. The lowest BCUT2D eigenvalue weighted by Gasteiger charge is -2.10. The molecule has 1 N–H and O–H groups in total. The number of nitrogens with one attached hydrogen (secondary N) is 1. The Labute approximate surface area is 82.4 Å². The van der Waals surface area contributed by atoms with E-state index in [0.717, 1.165) is 19.4 Å². The summed E-state index contributed by atoms with van der Waals surface area (Å²) in [6.45, 7) is 1.23. The number of amides is 1. The van der Waals surface area contributed by atoms with E-state index in [2.05, 4.69) is 5.32 Å². The smallest absolute Gasteiger partial charge is 0.220 e. The molecule has 0 saturated carbocycles. The van der Waals surface area contributed by atoms with E-state index in [4.69, 9.17) is 4.74 Å². The molecule has 0 bridgehead atoms. The molecule has 80 valence electrons. The van der Waals surface area contributed by atoms with Gasteiger partial charge in [-0.25, -0.2) is 0 Å². The highest BCUT2D eigenvalue weighted by atomic mass is 16.5. The van der Waals surface area contributed by atoms with E-state index in [9.17, 15) is 14.7 Å². The van der Waals surface area contributed by atoms with Crippen molar-refractivity contribution < 1.29 is 19.4 Å². The molecular weight excluding hydrogens is 186 g/mol. The van der Waals surface area contributed by atoms with Crippen LogP contribution in [0.5, 0.6) is 0 Å². The van der Waals surface area contributed by atoms with E-state index in [0.29, 0.717) is 6.54 Å². The first kappa shape index (κ1) is 11.0. The summed E-state index contributed by atoms with van der Waals surface area (Å²) in [5.41, 5.74) is 0. The maximum Gasteiger partial charge on any atom is 0.220 e. The highest BCUT2D eigenvalue weighted by Gasteiger charge is 2.15. The number of hydrogen-bond acceptors (Lipinski definition) is 4. The molecule has 5 nitrogen and oxygen atoms in total. The van der Waals surface area contributed by atoms with Gasteiger partial charge >= 0.3 is 0 Å². The summed E-state index contributed by atoms with van der Waals surface area (Å²) in [4.78, 5) is 21.1. The summed E-state index contributed by atoms with van der Waals surface area (Å²) in [5.74, 6) is -1.46. The van der Waals surface area contributed by atoms with Crippen LogP contribution in [0.4, 0.5) is 0 Å². The standard InChI is InChI=1S/C9H15NO4/c11-8(3-4-9(12)13)10-6-7-2-1-5-14-7/h7H,1-6H2,(H,10,11)(H,12,13)/p-1/t7-/m1/s1. The zero-order chi connectivity index (χ0) is 10.4. The number of aliphatic carboxylic acids is 1. The minimum absolute atomic E-state index is 0.0188. The van der Waals surface area contributed by atoms with Crippen LogP contribution in [0.25, 0.3) is 0 Å². The number of carboxylic acids is 1. The normalized spacial score (nSPS) is 20.7. The molecule has 1 saturated heterocycles. The van der Waals surface area contributed by atoms with Crippen LogP contribution in [0.3, 0.4) is 0 Å². The van der Waals surface area contributed by atoms with Gasteiger partial charge in [-0.3, -0.25) is 4.79 Å². The fraction of sp³-hybridized carbons (Fsp3) is 0.778. The molecule has 0 aromatic rings. The third-order valence-corrected chi connectivity index (χ3v) is 2.11. The number of carbonyl (C=O) groups is 2. The predicted molar refractivity (Wildman–Crippen MR) is 46.2 cm³/mol. The van der Waals surface area contributed by atoms with Crippen molar-refractivity contribution >= 4 is 11.9 Å². The highest BCUT2D eigenvalue weighted by molar-refractivity contribution is 5.79. The Morgan fingerprint density at radius 2 is 2.21 bits per heavy atom. The van der Waals surface area contributed by atoms with E-state index in [1.165, 1.54) is 0 Å². The Balaban J connectivity index is 2.05. The van der Waals surface area contributed by atoms with E-state index < -0.39 is 5.97 Å². The molecule has 1 aliphatic heterocycles. The largest absolute Gasteiger partial charge is 0.550 e. The molecule has 14 heavy (non-hydrogen) atoms. The maximum absolute atomic E-state index is 11.0. The van der Waals surface area contributed by atoms with Gasteiger partial charge < -0.3 is 20.0 Å². The van der Waals surface area contributed by atoms with Gasteiger partial charge in [-0.1, -0.05) is 0 Å². The lowest BCUT2D eigenvalue weighted by Crippen LogP contribution is -2.33. The van der Waals surface area contributed by atoms with Crippen LogP contribution in [0, 0.1) is 0 Å². The molecule has 1 fully saturated rings. The van der Waals surface area contributed by atoms with Crippen molar-refractivity contribution in [3.63, 3.8) is 0 Å². The minimum Gasteiger partial charge on any atom is -0.550 e. The van der Waals surface area contributed by atoms with E-state index in [-0.39, 0.29) is 24.9 Å². The molecule has 0 aromatic carbocycles. The molecule has 1 atom stereocenters. The van der Waals surface area contributed by atoms with Crippen LogP contribution in [-0.2, 0) is 14.3 Å². The van der Waals surface area contributed by atoms with Crippen LogP contribution >= 0.6 is 0 Å². The highest BCUT2D eigenvalue weighted by Crippen LogP contribution is 2.10. The first-order chi connectivity index (χ1) is 6.68. The fourth-order valence-corrected chi connectivity index (χ4v) is 1.34. The van der Waals surface area contributed by atoms with Gasteiger partial charge in [-0.15, -0.1) is 0 Å². The molecule has 1 heterocycles. The second kappa shape index (κ2) is 5.59. The van der Waals surface area contributed by atoms with Gasteiger partial charge in [0.2, 0.25) is 5.91 Å². The average molecular weight is 200 g/mol. The predicted octanol–water partition coefficient (Wildman–Crippen LogP) is -1.19. The van der Waals surface area contributed by atoms with Crippen LogP contribution in [0.15, 0.2) is 0 Å². The first-order valence-electron chi connectivity index (χ1n) is 4.76. The zero-order valence-electron chi connectivity index (χ0n) is 7.95. The molecule has 1 rings (SSSR count). The summed E-state index contributed by atoms with van der Waals surface area (Å²) < 4.78 is 5.29. The summed E-state index contributed by atoms with van der Waals surface area (Å²) in [7, 11) is 0. The molecule has 1 amide bonds. The monoisotopic (exact) mass is 200 g/mol. The van der Waals surface area contributed by atoms with Crippen LogP contribution in [0.1, 0.15) is 25.7 Å². The first-order valence-corrected chi connectivity index (χ1v) is 4.76. The SMILES string of the molecule is O=C([O-])CCC(=O)NC[C@H]1CCCO1. The summed E-state index contributed by atoms with van der Waals surface area (Å²) >= 11 is 0. The third kappa shape index (κ3) is 4.23. The van der Waals surface area contributed by atoms with Crippen molar-refractivity contribution in [2.45, 2.75) is 31.8 Å². The van der Waals surface area contributed by atoms with Crippen molar-refractivity contribution in [2.75, 3.05) is 13.2 Å². The summed E-state index contributed by atoms with van der Waals surface area (Å²) in [6, 6.07) is 0. The van der Waals surface area contributed by atoms with Crippen LogP contribution < -0.4 is 10.4 Å². The summed E-state index contributed by atoms with van der Waals surface area (Å²) in [5, 5.41) is 12.7. The Morgan fingerprint density at radius 1 is 1.43 bits per heavy atom. The van der Waals surface area contributed by atoms with Crippen molar-refractivity contribution in [1.82, 2.24) is 5.32 Å². The fourth-order valence-electron chi connectivity index (χ4n) is 1.34. The average Bonchev–Trinajstić information content (AvgIpc) is 2.63. The van der Waals surface area contributed by atoms with Gasteiger partial charge in [0, 0.05) is 25.5 Å². The third-order valence-electron chi connectivity index (χ3n) is 2.11. The summed E-state index contributed by atoms with van der Waals surface area (Å²) in [6.07, 6.45) is 1.84. The Hall–Kier alpha value is -1.10. The number of carbonyl (C=O) groups excluding carboxylic acids is 2. The molecule has 1 aliphatic rings. The van der Waals surface area contributed by atoms with Gasteiger partial charge in [0.15, 0.2) is 0 Å². The lowest BCUT2D eigenvalue weighted by atomic mass is 10.2. The second-order valence-electron chi connectivity index (χ2n) is 3.31.